The monoisotopic (exact) mass is 635 g/mol. The summed E-state index contributed by atoms with van der Waals surface area (Å²) in [7, 11) is 1.59. The van der Waals surface area contributed by atoms with Crippen LogP contribution in [0.3, 0.4) is 0 Å². The lowest BCUT2D eigenvalue weighted by molar-refractivity contribution is -0.113. The highest BCUT2D eigenvalue weighted by molar-refractivity contribution is 7.07. The Morgan fingerprint density at radius 3 is 2.55 bits per heavy atom. The molecule has 1 atom stereocenters. The zero-order chi connectivity index (χ0) is 32.5. The number of rotatable bonds is 7. The number of hydrogen-bond donors (Lipinski definition) is 1. The lowest BCUT2D eigenvalue weighted by Gasteiger charge is -2.25. The van der Waals surface area contributed by atoms with Gasteiger partial charge in [0.25, 0.3) is 11.5 Å². The van der Waals surface area contributed by atoms with Crippen molar-refractivity contribution >= 4 is 39.9 Å². The van der Waals surface area contributed by atoms with Crippen LogP contribution < -0.4 is 24.9 Å². The van der Waals surface area contributed by atoms with Gasteiger partial charge in [0.1, 0.15) is 5.75 Å². The molecule has 6 aromatic rings. The van der Waals surface area contributed by atoms with Crippen LogP contribution in [0.1, 0.15) is 35.2 Å². The Bertz CT molecular complexity index is 2410. The maximum Gasteiger partial charge on any atom is 0.271 e. The number of aromatic nitrogens is 2. The number of para-hydroxylation sites is 2. The van der Waals surface area contributed by atoms with Crippen molar-refractivity contribution in [3.05, 3.63) is 163 Å². The van der Waals surface area contributed by atoms with Crippen molar-refractivity contribution in [2.75, 3.05) is 12.4 Å². The van der Waals surface area contributed by atoms with Gasteiger partial charge in [-0.3, -0.25) is 14.2 Å². The molecule has 9 heteroatoms. The molecule has 0 unspecified atom stereocenters. The number of anilines is 1. The molecular formula is C38H29N5O3S. The van der Waals surface area contributed by atoms with Crippen molar-refractivity contribution in [3.8, 4) is 11.8 Å². The standard InChI is InChI=1S/C38H29N5O3S/c1-24-34(36(44)41-29-10-4-3-5-11-29)35(27-9-8-12-30(19-27)46-2)43-37(45)33(47-38(43)40-24)20-28-23-42(32-14-7-6-13-31(28)32)22-26-17-15-25(21-39)16-18-26/h3-20,23,35H,22H2,1-2H3,(H,41,44)/b33-20-/t35-/m0/s1. The topological polar surface area (TPSA) is 101 Å². The summed E-state index contributed by atoms with van der Waals surface area (Å²) in [5.74, 6) is 0.294. The fourth-order valence-electron chi connectivity index (χ4n) is 6.00. The quantitative estimate of drug-likeness (QED) is 0.241. The predicted octanol–water partition coefficient (Wildman–Crippen LogP) is 5.76. The van der Waals surface area contributed by atoms with Crippen molar-refractivity contribution in [1.29, 1.82) is 5.26 Å². The van der Waals surface area contributed by atoms with Gasteiger partial charge in [0.2, 0.25) is 0 Å². The molecule has 3 heterocycles. The Morgan fingerprint density at radius 1 is 1.02 bits per heavy atom. The summed E-state index contributed by atoms with van der Waals surface area (Å²) in [6.07, 6.45) is 3.96. The summed E-state index contributed by atoms with van der Waals surface area (Å²) >= 11 is 1.30. The third kappa shape index (κ3) is 5.67. The first-order chi connectivity index (χ1) is 22.9. The second-order valence-electron chi connectivity index (χ2n) is 11.2. The summed E-state index contributed by atoms with van der Waals surface area (Å²) in [5.41, 5.74) is 5.69. The fraction of sp³-hybridized carbons (Fsp3) is 0.105. The number of methoxy groups -OCH3 is 1. The third-order valence-corrected chi connectivity index (χ3v) is 9.23. The lowest BCUT2D eigenvalue weighted by Crippen LogP contribution is -2.40. The predicted molar refractivity (Wildman–Crippen MR) is 184 cm³/mol. The van der Waals surface area contributed by atoms with Gasteiger partial charge in [0.15, 0.2) is 4.80 Å². The van der Waals surface area contributed by atoms with E-state index in [1.54, 1.807) is 18.6 Å². The van der Waals surface area contributed by atoms with E-state index in [4.69, 9.17) is 9.73 Å². The van der Waals surface area contributed by atoms with Crippen molar-refractivity contribution in [1.82, 2.24) is 9.13 Å². The van der Waals surface area contributed by atoms with E-state index in [0.717, 1.165) is 27.6 Å². The van der Waals surface area contributed by atoms with E-state index in [1.165, 1.54) is 11.3 Å². The first-order valence-electron chi connectivity index (χ1n) is 15.0. The normalized spacial score (nSPS) is 14.4. The minimum absolute atomic E-state index is 0.233. The van der Waals surface area contributed by atoms with E-state index in [-0.39, 0.29) is 11.5 Å². The Balaban J connectivity index is 1.35. The van der Waals surface area contributed by atoms with E-state index in [9.17, 15) is 14.9 Å². The first kappa shape index (κ1) is 29.7. The first-order valence-corrected chi connectivity index (χ1v) is 15.8. The number of carbonyl (C=O) groups is 1. The van der Waals surface area contributed by atoms with E-state index >= 15 is 0 Å². The van der Waals surface area contributed by atoms with Crippen LogP contribution >= 0.6 is 11.3 Å². The number of nitrogens with zero attached hydrogens (tertiary/aromatic N) is 4. The molecule has 8 nitrogen and oxygen atoms in total. The SMILES string of the molecule is COc1cccc([C@H]2C(C(=O)Nc3ccccc3)=C(C)N=c3s/c(=C\c4cn(Cc5ccc(C#N)cc5)c5ccccc45)c(=O)n32)c1. The molecule has 0 fully saturated rings. The summed E-state index contributed by atoms with van der Waals surface area (Å²) in [4.78, 5) is 33.5. The highest BCUT2D eigenvalue weighted by atomic mass is 32.1. The van der Waals surface area contributed by atoms with E-state index < -0.39 is 6.04 Å². The molecule has 230 valence electrons. The average Bonchev–Trinajstić information content (AvgIpc) is 3.60. The highest BCUT2D eigenvalue weighted by Crippen LogP contribution is 2.32. The fourth-order valence-corrected chi connectivity index (χ4v) is 7.04. The summed E-state index contributed by atoms with van der Waals surface area (Å²) in [6.45, 7) is 2.41. The number of hydrogen-bond acceptors (Lipinski definition) is 6. The Labute approximate surface area is 274 Å². The number of allylic oxidation sites excluding steroid dienone is 1. The van der Waals surface area contributed by atoms with E-state index in [1.807, 2.05) is 109 Å². The molecule has 47 heavy (non-hydrogen) atoms. The van der Waals surface area contributed by atoms with Crippen LogP contribution in [0, 0.1) is 11.3 Å². The third-order valence-electron chi connectivity index (χ3n) is 8.25. The van der Waals surface area contributed by atoms with Gasteiger partial charge >= 0.3 is 0 Å². The second kappa shape index (κ2) is 12.4. The number of nitrogens with one attached hydrogen (secondary N) is 1. The number of amides is 1. The molecule has 0 radical (unpaired) electrons. The van der Waals surface area contributed by atoms with Gasteiger partial charge in [-0.1, -0.05) is 72.0 Å². The van der Waals surface area contributed by atoms with Crippen LogP contribution in [-0.2, 0) is 11.3 Å². The number of ether oxygens (including phenoxy) is 1. The largest absolute Gasteiger partial charge is 0.497 e. The van der Waals surface area contributed by atoms with E-state index in [0.29, 0.717) is 44.1 Å². The molecule has 4 aromatic carbocycles. The highest BCUT2D eigenvalue weighted by Gasteiger charge is 2.33. The zero-order valence-corrected chi connectivity index (χ0v) is 26.5. The van der Waals surface area contributed by atoms with Crippen molar-refractivity contribution in [2.24, 2.45) is 4.99 Å². The molecule has 2 aromatic heterocycles. The molecule has 0 saturated heterocycles. The van der Waals surface area contributed by atoms with Crippen LogP contribution in [-0.4, -0.2) is 22.2 Å². The Morgan fingerprint density at radius 2 is 1.79 bits per heavy atom. The molecule has 1 aliphatic heterocycles. The Kier molecular flexibility index (Phi) is 7.86. The Hall–Kier alpha value is -5.98. The number of fused-ring (bicyclic) bond motifs is 2. The van der Waals surface area contributed by atoms with Gasteiger partial charge in [-0.25, -0.2) is 4.99 Å². The van der Waals surface area contributed by atoms with Crippen molar-refractivity contribution in [2.45, 2.75) is 19.5 Å². The van der Waals surface area contributed by atoms with Crippen molar-refractivity contribution < 1.29 is 9.53 Å². The van der Waals surface area contributed by atoms with Gasteiger partial charge in [-0.15, -0.1) is 0 Å². The van der Waals surface area contributed by atoms with Gasteiger partial charge in [-0.2, -0.15) is 5.26 Å². The van der Waals surface area contributed by atoms with Gasteiger partial charge in [0, 0.05) is 34.9 Å². The van der Waals surface area contributed by atoms with Crippen LogP contribution in [0.4, 0.5) is 5.69 Å². The molecule has 1 aliphatic rings. The number of carbonyl (C=O) groups excluding carboxylic acids is 1. The maximum atomic E-state index is 14.3. The lowest BCUT2D eigenvalue weighted by atomic mass is 9.95. The molecule has 1 amide bonds. The van der Waals surface area contributed by atoms with Gasteiger partial charge in [-0.05, 0) is 66.6 Å². The minimum Gasteiger partial charge on any atom is -0.497 e. The van der Waals surface area contributed by atoms with Gasteiger partial charge < -0.3 is 14.6 Å². The van der Waals surface area contributed by atoms with Gasteiger partial charge in [0.05, 0.1) is 40.6 Å². The molecule has 0 bridgehead atoms. The molecule has 7 rings (SSSR count). The minimum atomic E-state index is -0.718. The molecule has 0 aliphatic carbocycles. The number of thiazole rings is 1. The van der Waals surface area contributed by atoms with Crippen LogP contribution in [0.2, 0.25) is 0 Å². The summed E-state index contributed by atoms with van der Waals surface area (Å²) in [6, 6.07) is 33.7. The summed E-state index contributed by atoms with van der Waals surface area (Å²) < 4.78 is 9.79. The van der Waals surface area contributed by atoms with E-state index in [2.05, 4.69) is 22.0 Å². The average molecular weight is 636 g/mol. The number of benzene rings is 4. The van der Waals surface area contributed by atoms with Crippen molar-refractivity contribution in [3.63, 3.8) is 0 Å². The molecule has 1 N–H and O–H groups in total. The molecule has 0 saturated carbocycles. The maximum absolute atomic E-state index is 14.3. The smallest absolute Gasteiger partial charge is 0.271 e. The van der Waals surface area contributed by atoms with Crippen LogP contribution in [0.25, 0.3) is 17.0 Å². The summed E-state index contributed by atoms with van der Waals surface area (Å²) in [5, 5.41) is 13.2. The molecular weight excluding hydrogens is 607 g/mol. The number of nitriles is 1. The molecule has 0 spiro atoms. The van der Waals surface area contributed by atoms with Crippen LogP contribution in [0.5, 0.6) is 5.75 Å². The van der Waals surface area contributed by atoms with Crippen LogP contribution in [0.15, 0.2) is 130 Å². The second-order valence-corrected chi connectivity index (χ2v) is 12.2. The zero-order valence-electron chi connectivity index (χ0n) is 25.7.